The van der Waals surface area contributed by atoms with Crippen molar-refractivity contribution < 1.29 is 66.1 Å². The Kier molecular flexibility index (Phi) is 7.95. The van der Waals surface area contributed by atoms with Gasteiger partial charge in [0, 0.05) is 5.92 Å². The van der Waals surface area contributed by atoms with Crippen LogP contribution >= 0.6 is 0 Å². The molecule has 0 spiro atoms. The molecule has 0 aromatic rings. The Morgan fingerprint density at radius 2 is 1.62 bits per heavy atom. The average molecular weight is 510 g/mol. The van der Waals surface area contributed by atoms with Crippen LogP contribution in [0.1, 0.15) is 19.8 Å². The summed E-state index contributed by atoms with van der Waals surface area (Å²) in [6, 6.07) is -1.88. The van der Waals surface area contributed by atoms with Crippen LogP contribution in [-0.4, -0.2) is 117 Å². The minimum Gasteiger partial charge on any atom is -0.481 e. The standard InChI is InChI=1S/C15H27NO14S2/c1-15(23)12(16-32(27,28)29)8(2-5(13(15)20)4-31(24,25)26)30-11-6(14(21)22)3-7(17)9(18)10(11)19/h5-13,16-20,23H,2-4H2,1H3,(H,21,22)(H,24,25,26)(H,27,28,29)/t5?,6?,7-,8-,9-,10?,11+,12?,13+,15+/m1/s1. The molecule has 0 saturated heterocycles. The van der Waals surface area contributed by atoms with Crippen molar-refractivity contribution in [3.63, 3.8) is 0 Å². The molecule has 0 aliphatic heterocycles. The molecule has 0 aromatic heterocycles. The molecule has 2 aliphatic carbocycles. The van der Waals surface area contributed by atoms with Crippen molar-refractivity contribution in [2.75, 3.05) is 5.75 Å². The predicted molar refractivity (Wildman–Crippen MR) is 102 cm³/mol. The third-order valence-corrected chi connectivity index (χ3v) is 7.31. The molecular formula is C15H27NO14S2. The maximum Gasteiger partial charge on any atom is 0.333 e. The zero-order valence-corrected chi connectivity index (χ0v) is 18.3. The second-order valence-electron chi connectivity index (χ2n) is 8.35. The topological polar surface area (TPSA) is 268 Å². The van der Waals surface area contributed by atoms with Gasteiger partial charge >= 0.3 is 16.3 Å². The Hall–Kier alpha value is -0.990. The molecule has 17 heteroatoms. The lowest BCUT2D eigenvalue weighted by Crippen LogP contribution is -2.69. The van der Waals surface area contributed by atoms with Gasteiger partial charge in [0.2, 0.25) is 0 Å². The van der Waals surface area contributed by atoms with Crippen LogP contribution in [0.4, 0.5) is 0 Å². The molecule has 0 radical (unpaired) electrons. The van der Waals surface area contributed by atoms with Crippen LogP contribution in [0.3, 0.4) is 0 Å². The Morgan fingerprint density at radius 3 is 2.09 bits per heavy atom. The van der Waals surface area contributed by atoms with Crippen molar-refractivity contribution in [2.24, 2.45) is 11.8 Å². The van der Waals surface area contributed by atoms with Gasteiger partial charge in [0.1, 0.15) is 17.8 Å². The fourth-order valence-electron chi connectivity index (χ4n) is 4.33. The van der Waals surface area contributed by atoms with Crippen molar-refractivity contribution >= 4 is 26.4 Å². The number of aliphatic hydroxyl groups is 5. The van der Waals surface area contributed by atoms with Gasteiger partial charge < -0.3 is 35.4 Å². The first-order valence-electron chi connectivity index (χ1n) is 9.38. The van der Waals surface area contributed by atoms with Crippen molar-refractivity contribution in [2.45, 2.75) is 68.0 Å². The van der Waals surface area contributed by atoms with Gasteiger partial charge in [0.25, 0.3) is 10.1 Å². The van der Waals surface area contributed by atoms with Crippen molar-refractivity contribution in [3.8, 4) is 0 Å². The first-order chi connectivity index (χ1) is 14.3. The number of hydrogen-bond donors (Lipinski definition) is 9. The van der Waals surface area contributed by atoms with E-state index in [1.807, 2.05) is 0 Å². The summed E-state index contributed by atoms with van der Waals surface area (Å²) in [5.41, 5.74) is -2.51. The van der Waals surface area contributed by atoms with Crippen LogP contribution in [-0.2, 0) is 30.0 Å². The van der Waals surface area contributed by atoms with E-state index in [2.05, 4.69) is 0 Å². The smallest absolute Gasteiger partial charge is 0.333 e. The van der Waals surface area contributed by atoms with Crippen LogP contribution in [0.15, 0.2) is 0 Å². The largest absolute Gasteiger partial charge is 0.481 e. The maximum absolute atomic E-state index is 11.6. The molecule has 4 unspecified atom stereocenters. The Morgan fingerprint density at radius 1 is 1.06 bits per heavy atom. The molecule has 188 valence electrons. The Balaban J connectivity index is 2.47. The zero-order chi connectivity index (χ0) is 24.8. The molecule has 0 amide bonds. The number of ether oxygens (including phenoxy) is 1. The third-order valence-electron chi connectivity index (χ3n) is 5.90. The van der Waals surface area contributed by atoms with E-state index in [0.717, 1.165) is 6.92 Å². The van der Waals surface area contributed by atoms with E-state index in [4.69, 9.17) is 9.29 Å². The lowest BCUT2D eigenvalue weighted by Gasteiger charge is -2.50. The monoisotopic (exact) mass is 509 g/mol. The third kappa shape index (κ3) is 6.11. The fourth-order valence-corrected chi connectivity index (χ4v) is 5.90. The summed E-state index contributed by atoms with van der Waals surface area (Å²) >= 11 is 0. The van der Waals surface area contributed by atoms with E-state index in [-0.39, 0.29) is 0 Å². The van der Waals surface area contributed by atoms with Gasteiger partial charge in [-0.05, 0) is 19.8 Å². The van der Waals surface area contributed by atoms with Crippen LogP contribution in [0, 0.1) is 11.8 Å². The molecule has 2 fully saturated rings. The minimum atomic E-state index is -5.04. The van der Waals surface area contributed by atoms with Gasteiger partial charge in [-0.3, -0.25) is 13.9 Å². The number of rotatable bonds is 7. The Bertz CT molecular complexity index is 905. The summed E-state index contributed by atoms with van der Waals surface area (Å²) in [5, 5.41) is 60.5. The number of carboxylic acid groups (broad SMARTS) is 1. The van der Waals surface area contributed by atoms with Crippen LogP contribution < -0.4 is 4.72 Å². The molecule has 2 saturated carbocycles. The molecule has 2 aliphatic rings. The normalized spacial score (nSPS) is 43.7. The molecule has 15 nitrogen and oxygen atoms in total. The molecule has 32 heavy (non-hydrogen) atoms. The van der Waals surface area contributed by atoms with Gasteiger partial charge in [0.15, 0.2) is 0 Å². The predicted octanol–water partition coefficient (Wildman–Crippen LogP) is -4.29. The number of carbonyl (C=O) groups is 1. The zero-order valence-electron chi connectivity index (χ0n) is 16.7. The highest BCUT2D eigenvalue weighted by Gasteiger charge is 2.56. The highest BCUT2D eigenvalue weighted by molar-refractivity contribution is 7.85. The van der Waals surface area contributed by atoms with Gasteiger partial charge in [-0.25, -0.2) is 0 Å². The van der Waals surface area contributed by atoms with E-state index >= 15 is 0 Å². The molecular weight excluding hydrogens is 482 g/mol. The Labute approximate surface area is 183 Å². The van der Waals surface area contributed by atoms with Gasteiger partial charge in [0.05, 0.1) is 42.1 Å². The van der Waals surface area contributed by atoms with E-state index in [1.54, 1.807) is 4.72 Å². The lowest BCUT2D eigenvalue weighted by molar-refractivity contribution is -0.227. The molecule has 0 heterocycles. The molecule has 0 aromatic carbocycles. The van der Waals surface area contributed by atoms with E-state index < -0.39 is 105 Å². The van der Waals surface area contributed by atoms with E-state index in [1.165, 1.54) is 0 Å². The van der Waals surface area contributed by atoms with Crippen LogP contribution in [0.2, 0.25) is 0 Å². The summed E-state index contributed by atoms with van der Waals surface area (Å²) in [6.07, 6.45) is -12.0. The molecule has 10 atom stereocenters. The number of hydrogen-bond acceptors (Lipinski definition) is 11. The second-order valence-corrected chi connectivity index (χ2v) is 11.0. The summed E-state index contributed by atoms with van der Waals surface area (Å²) in [7, 11) is -9.74. The summed E-state index contributed by atoms with van der Waals surface area (Å²) in [6.45, 7) is 0.887. The fraction of sp³-hybridized carbons (Fsp3) is 0.933. The van der Waals surface area contributed by atoms with Gasteiger partial charge in [-0.15, -0.1) is 0 Å². The first-order valence-corrected chi connectivity index (χ1v) is 12.4. The van der Waals surface area contributed by atoms with Gasteiger partial charge in [-0.2, -0.15) is 21.6 Å². The van der Waals surface area contributed by atoms with Gasteiger partial charge in [-0.1, -0.05) is 0 Å². The summed E-state index contributed by atoms with van der Waals surface area (Å²) < 4.78 is 71.0. The molecule has 0 bridgehead atoms. The number of aliphatic hydroxyl groups excluding tert-OH is 4. The van der Waals surface area contributed by atoms with E-state index in [0.29, 0.717) is 0 Å². The quantitative estimate of drug-likeness (QED) is 0.147. The molecule has 2 rings (SSSR count). The van der Waals surface area contributed by atoms with Crippen molar-refractivity contribution in [3.05, 3.63) is 0 Å². The van der Waals surface area contributed by atoms with Crippen LogP contribution in [0.5, 0.6) is 0 Å². The average Bonchev–Trinajstić information content (AvgIpc) is 2.61. The SMILES string of the molecule is C[C@]1(O)C(NS(=O)(=O)O)[C@H](O[C@H]2C(C(=O)O)C[C@@H](O)[C@@H](O)C2O)CC(CS(=O)(=O)O)[C@@H]1O. The number of carboxylic acids is 1. The minimum absolute atomic E-state index is 0.561. The first kappa shape index (κ1) is 27.3. The van der Waals surface area contributed by atoms with Crippen molar-refractivity contribution in [1.29, 1.82) is 0 Å². The van der Waals surface area contributed by atoms with Crippen LogP contribution in [0.25, 0.3) is 0 Å². The maximum atomic E-state index is 11.6. The summed E-state index contributed by atoms with van der Waals surface area (Å²) in [4.78, 5) is 11.6. The second kappa shape index (κ2) is 9.34. The number of aliphatic carboxylic acids is 1. The highest BCUT2D eigenvalue weighted by Crippen LogP contribution is 2.39. The highest BCUT2D eigenvalue weighted by atomic mass is 32.2. The number of nitrogens with one attached hydrogen (secondary N) is 1. The van der Waals surface area contributed by atoms with Crippen molar-refractivity contribution in [1.82, 2.24) is 4.72 Å². The van der Waals surface area contributed by atoms with E-state index in [9.17, 15) is 56.8 Å². The molecule has 9 N–H and O–H groups in total. The summed E-state index contributed by atoms with van der Waals surface area (Å²) in [5.74, 6) is -5.67. The lowest BCUT2D eigenvalue weighted by atomic mass is 9.72.